The van der Waals surface area contributed by atoms with Gasteiger partial charge >= 0.3 is 6.03 Å². The van der Waals surface area contributed by atoms with Gasteiger partial charge in [0.25, 0.3) is 0 Å². The second-order valence-electron chi connectivity index (χ2n) is 6.19. The fraction of sp³-hybridized carbons (Fsp3) is 0.444. The lowest BCUT2D eigenvalue weighted by Crippen LogP contribution is -2.38. The van der Waals surface area contributed by atoms with Crippen molar-refractivity contribution in [1.82, 2.24) is 20.6 Å². The molecule has 10 nitrogen and oxygen atoms in total. The van der Waals surface area contributed by atoms with E-state index >= 15 is 0 Å². The number of hydrogen-bond acceptors (Lipinski definition) is 7. The average Bonchev–Trinajstić information content (AvgIpc) is 3.13. The fourth-order valence-electron chi connectivity index (χ4n) is 2.80. The van der Waals surface area contributed by atoms with Crippen LogP contribution in [-0.4, -0.2) is 52.4 Å². The van der Waals surface area contributed by atoms with Crippen LogP contribution in [0.2, 0.25) is 0 Å². The average molecular weight is 390 g/mol. The Kier molecular flexibility index (Phi) is 7.33. The Labute approximate surface area is 163 Å². The molecule has 1 aliphatic heterocycles. The quantitative estimate of drug-likeness (QED) is 0.496. The molecular formula is C18H26N6O4. The van der Waals surface area contributed by atoms with Gasteiger partial charge in [0.05, 0.1) is 6.54 Å². The highest BCUT2D eigenvalue weighted by Gasteiger charge is 2.34. The molecule has 3 amide bonds. The molecule has 1 aromatic rings. The summed E-state index contributed by atoms with van der Waals surface area (Å²) in [6.07, 6.45) is 2.89. The summed E-state index contributed by atoms with van der Waals surface area (Å²) in [5.41, 5.74) is 0.640. The topological polar surface area (TPSA) is 129 Å². The van der Waals surface area contributed by atoms with E-state index in [9.17, 15) is 9.59 Å². The maximum Gasteiger partial charge on any atom is 0.320 e. The number of ether oxygens (including phenoxy) is 1. The van der Waals surface area contributed by atoms with Crippen LogP contribution >= 0.6 is 0 Å². The summed E-state index contributed by atoms with van der Waals surface area (Å²) >= 11 is 0. The predicted molar refractivity (Wildman–Crippen MR) is 105 cm³/mol. The van der Waals surface area contributed by atoms with Crippen LogP contribution in [0.4, 0.5) is 16.4 Å². The first-order valence-electron chi connectivity index (χ1n) is 8.94. The number of amides is 3. The Morgan fingerprint density at radius 1 is 1.39 bits per heavy atom. The summed E-state index contributed by atoms with van der Waals surface area (Å²) in [7, 11) is 0. The molecule has 2 unspecified atom stereocenters. The highest BCUT2D eigenvalue weighted by molar-refractivity contribution is 5.89. The summed E-state index contributed by atoms with van der Waals surface area (Å²) in [6.45, 7) is 11.2. The number of aliphatic hydroxyl groups is 1. The van der Waals surface area contributed by atoms with Crippen LogP contribution in [0.25, 0.3) is 0 Å². The number of hydrogen-bond donors (Lipinski definition) is 4. The van der Waals surface area contributed by atoms with Crippen molar-refractivity contribution >= 4 is 23.6 Å². The smallest absolute Gasteiger partial charge is 0.320 e. The summed E-state index contributed by atoms with van der Waals surface area (Å²) in [4.78, 5) is 34.0. The largest absolute Gasteiger partial charge is 0.511 e. The molecule has 0 aromatic carbocycles. The van der Waals surface area contributed by atoms with E-state index in [-0.39, 0.29) is 24.2 Å². The number of urea groups is 1. The monoisotopic (exact) mass is 390 g/mol. The minimum atomic E-state index is -0.651. The van der Waals surface area contributed by atoms with E-state index in [0.717, 1.165) is 0 Å². The lowest BCUT2D eigenvalue weighted by atomic mass is 10.2. The maximum absolute atomic E-state index is 12.1. The molecule has 4 N–H and O–H groups in total. The Morgan fingerprint density at radius 3 is 2.79 bits per heavy atom. The zero-order chi connectivity index (χ0) is 20.7. The first-order chi connectivity index (χ1) is 13.4. The fourth-order valence-corrected chi connectivity index (χ4v) is 2.80. The van der Waals surface area contributed by atoms with Gasteiger partial charge < -0.3 is 25.4 Å². The normalized spacial score (nSPS) is 18.2. The molecule has 28 heavy (non-hydrogen) atoms. The molecule has 0 radical (unpaired) electrons. The van der Waals surface area contributed by atoms with Gasteiger partial charge in [0.15, 0.2) is 0 Å². The molecule has 0 aliphatic carbocycles. The van der Waals surface area contributed by atoms with Crippen molar-refractivity contribution in [3.8, 4) is 0 Å². The molecule has 2 rings (SSSR count). The number of nitrogens with one attached hydrogen (secondary N) is 3. The Morgan fingerprint density at radius 2 is 2.14 bits per heavy atom. The second kappa shape index (κ2) is 9.70. The van der Waals surface area contributed by atoms with E-state index < -0.39 is 12.3 Å². The number of carbonyl (C=O) groups excluding carboxylic acids is 2. The number of nitrogens with zero attached hydrogens (tertiary/aromatic N) is 3. The molecule has 0 bridgehead atoms. The molecule has 152 valence electrons. The Hall–Kier alpha value is -3.14. The molecule has 2 atom stereocenters. The van der Waals surface area contributed by atoms with Crippen LogP contribution in [0.3, 0.4) is 0 Å². The van der Waals surface area contributed by atoms with Crippen molar-refractivity contribution in [1.29, 1.82) is 0 Å². The van der Waals surface area contributed by atoms with E-state index in [0.29, 0.717) is 36.6 Å². The SMILES string of the molecule is C=CN(c1ncnc(NC(=O)NCC)c1C)C1CCC(C(=O)NCC(=C)O)O1. The van der Waals surface area contributed by atoms with Gasteiger partial charge in [-0.2, -0.15) is 0 Å². The van der Waals surface area contributed by atoms with Crippen molar-refractivity contribution in [2.75, 3.05) is 23.3 Å². The summed E-state index contributed by atoms with van der Waals surface area (Å²) in [5.74, 6) is 0.446. The van der Waals surface area contributed by atoms with E-state index in [1.807, 2.05) is 6.92 Å². The number of rotatable bonds is 8. The van der Waals surface area contributed by atoms with E-state index in [4.69, 9.17) is 9.84 Å². The highest BCUT2D eigenvalue weighted by atomic mass is 16.5. The van der Waals surface area contributed by atoms with Crippen molar-refractivity contribution < 1.29 is 19.4 Å². The standard InChI is InChI=1S/C18H26N6O4/c1-5-19-18(27)23-15-12(4)16(22-10-21-15)24(6-2)14-8-7-13(28-14)17(26)20-9-11(3)25/h6,10,13-14,25H,2-3,5,7-9H2,1,4H3,(H,20,26)(H2,19,21,22,23,27). The summed E-state index contributed by atoms with van der Waals surface area (Å²) < 4.78 is 5.85. The second-order valence-corrected chi connectivity index (χ2v) is 6.19. The van der Waals surface area contributed by atoms with Gasteiger partial charge in [-0.1, -0.05) is 13.2 Å². The van der Waals surface area contributed by atoms with Gasteiger partial charge in [-0.05, 0) is 26.7 Å². The predicted octanol–water partition coefficient (Wildman–Crippen LogP) is 1.57. The summed E-state index contributed by atoms with van der Waals surface area (Å²) in [5, 5.41) is 17.0. The molecule has 0 spiro atoms. The number of aromatic nitrogens is 2. The Bertz CT molecular complexity index is 754. The van der Waals surface area contributed by atoms with Crippen molar-refractivity contribution in [2.24, 2.45) is 0 Å². The van der Waals surface area contributed by atoms with Crippen molar-refractivity contribution in [2.45, 2.75) is 39.0 Å². The molecule has 2 heterocycles. The van der Waals surface area contributed by atoms with Gasteiger partial charge in [0, 0.05) is 18.3 Å². The molecule has 0 saturated carbocycles. The molecule has 1 aromatic heterocycles. The van der Waals surface area contributed by atoms with Crippen LogP contribution in [0, 0.1) is 6.92 Å². The number of aliphatic hydroxyl groups excluding tert-OH is 1. The minimum Gasteiger partial charge on any atom is -0.511 e. The van der Waals surface area contributed by atoms with Crippen molar-refractivity contribution in [3.63, 3.8) is 0 Å². The lowest BCUT2D eigenvalue weighted by molar-refractivity contribution is -0.131. The van der Waals surface area contributed by atoms with Gasteiger partial charge in [0.2, 0.25) is 5.91 Å². The van der Waals surface area contributed by atoms with Crippen LogP contribution in [0.5, 0.6) is 0 Å². The highest BCUT2D eigenvalue weighted by Crippen LogP contribution is 2.30. The van der Waals surface area contributed by atoms with Gasteiger partial charge in [-0.25, -0.2) is 14.8 Å². The van der Waals surface area contributed by atoms with Gasteiger partial charge in [-0.15, -0.1) is 0 Å². The zero-order valence-electron chi connectivity index (χ0n) is 16.1. The van der Waals surface area contributed by atoms with E-state index in [2.05, 4.69) is 39.1 Å². The van der Waals surface area contributed by atoms with Crippen LogP contribution in [-0.2, 0) is 9.53 Å². The van der Waals surface area contributed by atoms with E-state index in [1.54, 1.807) is 18.0 Å². The lowest BCUT2D eigenvalue weighted by Gasteiger charge is -2.27. The number of carbonyl (C=O) groups is 2. The third kappa shape index (κ3) is 5.19. The van der Waals surface area contributed by atoms with Gasteiger partial charge in [-0.3, -0.25) is 10.1 Å². The first-order valence-corrected chi connectivity index (χ1v) is 8.94. The zero-order valence-corrected chi connectivity index (χ0v) is 16.1. The molecule has 1 aliphatic rings. The van der Waals surface area contributed by atoms with Crippen LogP contribution < -0.4 is 20.9 Å². The van der Waals surface area contributed by atoms with Crippen molar-refractivity contribution in [3.05, 3.63) is 37.0 Å². The summed E-state index contributed by atoms with van der Waals surface area (Å²) in [6, 6.07) is -0.361. The van der Waals surface area contributed by atoms with E-state index in [1.165, 1.54) is 6.33 Å². The molecule has 1 saturated heterocycles. The Balaban J connectivity index is 2.11. The molecular weight excluding hydrogens is 364 g/mol. The third-order valence-corrected chi connectivity index (χ3v) is 4.13. The number of anilines is 2. The maximum atomic E-state index is 12.1. The van der Waals surface area contributed by atoms with Crippen LogP contribution in [0.15, 0.2) is 31.4 Å². The van der Waals surface area contributed by atoms with Crippen LogP contribution in [0.1, 0.15) is 25.3 Å². The minimum absolute atomic E-state index is 0.0194. The third-order valence-electron chi connectivity index (χ3n) is 4.13. The van der Waals surface area contributed by atoms with Gasteiger partial charge in [0.1, 0.15) is 36.1 Å². The molecule has 10 heteroatoms. The first kappa shape index (κ1) is 21.2. The molecule has 1 fully saturated rings.